The molecule has 0 bridgehead atoms. The predicted octanol–water partition coefficient (Wildman–Crippen LogP) is 1.27. The van der Waals surface area contributed by atoms with E-state index in [0.29, 0.717) is 19.8 Å². The van der Waals surface area contributed by atoms with Crippen molar-refractivity contribution in [2.75, 3.05) is 19.8 Å². The van der Waals surface area contributed by atoms with Crippen molar-refractivity contribution in [2.24, 2.45) is 0 Å². The minimum Gasteiger partial charge on any atom is -0.481 e. The summed E-state index contributed by atoms with van der Waals surface area (Å²) in [6, 6.07) is 9.12. The fraction of sp³-hybridized carbons (Fsp3) is 0.417. The van der Waals surface area contributed by atoms with Crippen molar-refractivity contribution < 1.29 is 19.4 Å². The predicted molar refractivity (Wildman–Crippen MR) is 57.4 cm³/mol. The minimum absolute atomic E-state index is 0.339. The summed E-state index contributed by atoms with van der Waals surface area (Å²) in [6.45, 7) is 1.34. The summed E-state index contributed by atoms with van der Waals surface area (Å²) in [5, 5.41) is 9.24. The molecule has 1 aromatic carbocycles. The smallest absolute Gasteiger partial charge is 0.313 e. The van der Waals surface area contributed by atoms with Crippen LogP contribution in [0, 0.1) is 0 Å². The molecule has 16 heavy (non-hydrogen) atoms. The number of rotatable bonds is 3. The first-order valence-electron chi connectivity index (χ1n) is 5.26. The lowest BCUT2D eigenvalue weighted by Gasteiger charge is -2.28. The van der Waals surface area contributed by atoms with Crippen LogP contribution in [0.1, 0.15) is 11.5 Å². The van der Waals surface area contributed by atoms with Gasteiger partial charge in [-0.3, -0.25) is 4.79 Å². The van der Waals surface area contributed by atoms with E-state index in [1.165, 1.54) is 0 Å². The Morgan fingerprint density at radius 3 is 2.62 bits per heavy atom. The lowest BCUT2D eigenvalue weighted by atomic mass is 9.93. The second kappa shape index (κ2) is 5.09. The summed E-state index contributed by atoms with van der Waals surface area (Å²) in [4.78, 5) is 11.3. The van der Waals surface area contributed by atoms with Crippen molar-refractivity contribution in [1.82, 2.24) is 0 Å². The molecule has 0 spiro atoms. The van der Waals surface area contributed by atoms with E-state index in [9.17, 15) is 9.90 Å². The van der Waals surface area contributed by atoms with Gasteiger partial charge in [0.05, 0.1) is 25.9 Å². The Hall–Kier alpha value is -1.39. The largest absolute Gasteiger partial charge is 0.481 e. The van der Waals surface area contributed by atoms with Crippen molar-refractivity contribution in [3.63, 3.8) is 0 Å². The molecule has 0 aromatic heterocycles. The number of hydrogen-bond acceptors (Lipinski definition) is 3. The molecule has 0 radical (unpaired) electrons. The lowest BCUT2D eigenvalue weighted by molar-refractivity contribution is -0.150. The van der Waals surface area contributed by atoms with E-state index < -0.39 is 18.0 Å². The molecule has 4 heteroatoms. The zero-order valence-corrected chi connectivity index (χ0v) is 8.83. The van der Waals surface area contributed by atoms with Gasteiger partial charge in [-0.05, 0) is 5.56 Å². The quantitative estimate of drug-likeness (QED) is 0.836. The average molecular weight is 222 g/mol. The van der Waals surface area contributed by atoms with E-state index in [0.717, 1.165) is 5.56 Å². The Bertz CT molecular complexity index is 343. The Labute approximate surface area is 93.8 Å². The summed E-state index contributed by atoms with van der Waals surface area (Å²) in [5.41, 5.74) is 0.755. The first kappa shape index (κ1) is 11.1. The monoisotopic (exact) mass is 222 g/mol. The molecule has 0 amide bonds. The first-order valence-corrected chi connectivity index (χ1v) is 5.26. The standard InChI is InChI=1S/C12H14O4/c13-12(14)11(9-4-2-1-3-5-9)10-8-15-6-7-16-10/h1-5,10-11H,6-8H2,(H,13,14). The normalized spacial score (nSPS) is 22.6. The maximum absolute atomic E-state index is 11.3. The van der Waals surface area contributed by atoms with Gasteiger partial charge in [0.25, 0.3) is 0 Å². The number of ether oxygens (including phenoxy) is 2. The Balaban J connectivity index is 2.20. The van der Waals surface area contributed by atoms with Crippen LogP contribution in [0.25, 0.3) is 0 Å². The highest BCUT2D eigenvalue weighted by Crippen LogP contribution is 2.24. The summed E-state index contributed by atoms with van der Waals surface area (Å²) >= 11 is 0. The van der Waals surface area contributed by atoms with Gasteiger partial charge in [-0.15, -0.1) is 0 Å². The van der Waals surface area contributed by atoms with Crippen LogP contribution in [0.2, 0.25) is 0 Å². The molecule has 1 fully saturated rings. The second-order valence-electron chi connectivity index (χ2n) is 3.71. The molecule has 4 nitrogen and oxygen atoms in total. The molecule has 1 aliphatic rings. The highest BCUT2D eigenvalue weighted by molar-refractivity contribution is 5.77. The van der Waals surface area contributed by atoms with Gasteiger partial charge in [0, 0.05) is 0 Å². The molecule has 0 aliphatic carbocycles. The molecule has 86 valence electrons. The number of aliphatic carboxylic acids is 1. The third-order valence-corrected chi connectivity index (χ3v) is 2.64. The Morgan fingerprint density at radius 2 is 2.06 bits per heavy atom. The highest BCUT2D eigenvalue weighted by atomic mass is 16.6. The molecule has 1 N–H and O–H groups in total. The van der Waals surface area contributed by atoms with Gasteiger partial charge in [0.2, 0.25) is 0 Å². The molecule has 0 saturated carbocycles. The summed E-state index contributed by atoms with van der Waals surface area (Å²) in [6.07, 6.45) is -0.395. The number of carbonyl (C=O) groups is 1. The Morgan fingerprint density at radius 1 is 1.31 bits per heavy atom. The van der Waals surface area contributed by atoms with Crippen LogP contribution >= 0.6 is 0 Å². The van der Waals surface area contributed by atoms with Gasteiger partial charge in [-0.25, -0.2) is 0 Å². The molecule has 2 atom stereocenters. The van der Waals surface area contributed by atoms with Gasteiger partial charge in [-0.1, -0.05) is 30.3 Å². The van der Waals surface area contributed by atoms with E-state index in [1.54, 1.807) is 12.1 Å². The van der Waals surface area contributed by atoms with E-state index in [4.69, 9.17) is 9.47 Å². The van der Waals surface area contributed by atoms with Gasteiger partial charge < -0.3 is 14.6 Å². The van der Waals surface area contributed by atoms with Gasteiger partial charge in [0.1, 0.15) is 5.92 Å². The molecule has 1 aromatic rings. The number of carboxylic acids is 1. The Kier molecular flexibility index (Phi) is 3.54. The maximum Gasteiger partial charge on any atom is 0.313 e. The molecule has 1 aliphatic heterocycles. The van der Waals surface area contributed by atoms with Crippen LogP contribution in [0.15, 0.2) is 30.3 Å². The van der Waals surface area contributed by atoms with E-state index in [1.807, 2.05) is 18.2 Å². The fourth-order valence-electron chi connectivity index (χ4n) is 1.88. The average Bonchev–Trinajstić information content (AvgIpc) is 2.31. The van der Waals surface area contributed by atoms with Gasteiger partial charge in [0.15, 0.2) is 0 Å². The van der Waals surface area contributed by atoms with E-state index in [2.05, 4.69) is 0 Å². The SMILES string of the molecule is O=C(O)C(c1ccccc1)C1COCCO1. The van der Waals surface area contributed by atoms with Crippen LogP contribution < -0.4 is 0 Å². The molecular weight excluding hydrogens is 208 g/mol. The molecular formula is C12H14O4. The third kappa shape index (κ3) is 2.40. The summed E-state index contributed by atoms with van der Waals surface area (Å²) in [5.74, 6) is -1.52. The molecule has 2 rings (SSSR count). The summed E-state index contributed by atoms with van der Waals surface area (Å²) < 4.78 is 10.7. The van der Waals surface area contributed by atoms with Crippen LogP contribution in [0.4, 0.5) is 0 Å². The van der Waals surface area contributed by atoms with Gasteiger partial charge in [-0.2, -0.15) is 0 Å². The van der Waals surface area contributed by atoms with Crippen LogP contribution in [0.5, 0.6) is 0 Å². The molecule has 1 saturated heterocycles. The zero-order valence-electron chi connectivity index (χ0n) is 8.83. The van der Waals surface area contributed by atoms with Crippen molar-refractivity contribution in [3.05, 3.63) is 35.9 Å². The lowest BCUT2D eigenvalue weighted by Crippen LogP contribution is -2.37. The van der Waals surface area contributed by atoms with Crippen LogP contribution in [-0.2, 0) is 14.3 Å². The van der Waals surface area contributed by atoms with Crippen molar-refractivity contribution in [2.45, 2.75) is 12.0 Å². The highest BCUT2D eigenvalue weighted by Gasteiger charge is 2.32. The third-order valence-electron chi connectivity index (χ3n) is 2.64. The second-order valence-corrected chi connectivity index (χ2v) is 3.71. The topological polar surface area (TPSA) is 55.8 Å². The van der Waals surface area contributed by atoms with E-state index in [-0.39, 0.29) is 0 Å². The fourth-order valence-corrected chi connectivity index (χ4v) is 1.88. The van der Waals surface area contributed by atoms with Crippen molar-refractivity contribution in [3.8, 4) is 0 Å². The van der Waals surface area contributed by atoms with Crippen LogP contribution in [-0.4, -0.2) is 37.0 Å². The van der Waals surface area contributed by atoms with Crippen LogP contribution in [0.3, 0.4) is 0 Å². The maximum atomic E-state index is 11.3. The number of hydrogen-bond donors (Lipinski definition) is 1. The number of benzene rings is 1. The minimum atomic E-state index is -0.873. The zero-order chi connectivity index (χ0) is 11.4. The van der Waals surface area contributed by atoms with Crippen molar-refractivity contribution in [1.29, 1.82) is 0 Å². The first-order chi connectivity index (χ1) is 7.79. The van der Waals surface area contributed by atoms with Gasteiger partial charge >= 0.3 is 5.97 Å². The molecule has 1 heterocycles. The number of carboxylic acid groups (broad SMARTS) is 1. The van der Waals surface area contributed by atoms with E-state index >= 15 is 0 Å². The summed E-state index contributed by atoms with van der Waals surface area (Å²) in [7, 11) is 0. The molecule has 2 unspecified atom stereocenters. The van der Waals surface area contributed by atoms with Crippen molar-refractivity contribution >= 4 is 5.97 Å².